The zero-order valence-corrected chi connectivity index (χ0v) is 10.2. The fourth-order valence-electron chi connectivity index (χ4n) is 1.65. The van der Waals surface area contributed by atoms with Gasteiger partial charge in [0.05, 0.1) is 6.04 Å². The minimum atomic E-state index is -0.285. The summed E-state index contributed by atoms with van der Waals surface area (Å²) in [5.41, 5.74) is 1.40. The van der Waals surface area contributed by atoms with E-state index in [0.717, 1.165) is 10.7 Å². The van der Waals surface area contributed by atoms with Gasteiger partial charge in [0, 0.05) is 22.7 Å². The number of rotatable bonds is 2. The van der Waals surface area contributed by atoms with Crippen LogP contribution in [0.1, 0.15) is 30.6 Å². The molecule has 84 valence electrons. The summed E-state index contributed by atoms with van der Waals surface area (Å²) < 4.78 is 0. The first kappa shape index (κ1) is 11.0. The molecule has 0 saturated heterocycles. The maximum absolute atomic E-state index is 11.8. The van der Waals surface area contributed by atoms with Gasteiger partial charge in [-0.15, -0.1) is 11.3 Å². The van der Waals surface area contributed by atoms with Crippen molar-refractivity contribution in [2.75, 3.05) is 0 Å². The summed E-state index contributed by atoms with van der Waals surface area (Å²) in [6, 6.07) is -0.285. The van der Waals surface area contributed by atoms with Gasteiger partial charge in [0.1, 0.15) is 5.01 Å². The van der Waals surface area contributed by atoms with Crippen molar-refractivity contribution < 1.29 is 9.59 Å². The fraction of sp³-hybridized carbons (Fsp3) is 0.364. The molecule has 1 aromatic rings. The lowest BCUT2D eigenvalue weighted by Crippen LogP contribution is -2.33. The normalized spacial score (nSPS) is 17.9. The number of carbonyl (C=O) groups is 2. The van der Waals surface area contributed by atoms with Crippen molar-refractivity contribution in [2.24, 2.45) is 0 Å². The Balaban J connectivity index is 2.27. The van der Waals surface area contributed by atoms with Gasteiger partial charge in [-0.25, -0.2) is 4.98 Å². The highest BCUT2D eigenvalue weighted by molar-refractivity contribution is 7.09. The highest BCUT2D eigenvalue weighted by atomic mass is 32.1. The molecule has 4 nitrogen and oxygen atoms in total. The molecule has 0 aromatic carbocycles. The summed E-state index contributed by atoms with van der Waals surface area (Å²) in [5, 5.41) is 2.71. The second kappa shape index (κ2) is 3.83. The minimum absolute atomic E-state index is 0.217. The Morgan fingerprint density at radius 1 is 1.38 bits per heavy atom. The van der Waals surface area contributed by atoms with Crippen molar-refractivity contribution in [3.63, 3.8) is 0 Å². The Kier molecular flexibility index (Phi) is 2.63. The smallest absolute Gasteiger partial charge is 0.257 e. The molecule has 0 spiro atoms. The standard InChI is InChI=1S/C11H12N2O2S/c1-6-4-9(14)13(11(6)15)8(3)10-12-7(2)5-16-10/h4-5,8H,1-3H3/t8-/m0/s1. The van der Waals surface area contributed by atoms with Gasteiger partial charge in [0.25, 0.3) is 11.8 Å². The van der Waals surface area contributed by atoms with Crippen LogP contribution < -0.4 is 0 Å². The van der Waals surface area contributed by atoms with Crippen LogP contribution in [0.3, 0.4) is 0 Å². The molecule has 0 bridgehead atoms. The van der Waals surface area contributed by atoms with Gasteiger partial charge in [0.15, 0.2) is 0 Å². The lowest BCUT2D eigenvalue weighted by Gasteiger charge is -2.20. The molecule has 0 N–H and O–H groups in total. The number of aryl methyl sites for hydroxylation is 1. The zero-order valence-electron chi connectivity index (χ0n) is 9.35. The highest BCUT2D eigenvalue weighted by Gasteiger charge is 2.34. The largest absolute Gasteiger partial charge is 0.269 e. The summed E-state index contributed by atoms with van der Waals surface area (Å²) in [4.78, 5) is 28.9. The van der Waals surface area contributed by atoms with E-state index in [9.17, 15) is 9.59 Å². The molecule has 2 heterocycles. The van der Waals surface area contributed by atoms with E-state index in [0.29, 0.717) is 5.57 Å². The van der Waals surface area contributed by atoms with E-state index in [1.54, 1.807) is 6.92 Å². The predicted octanol–water partition coefficient (Wildman–Crippen LogP) is 1.83. The zero-order chi connectivity index (χ0) is 11.9. The molecule has 0 radical (unpaired) electrons. The molecular formula is C11H12N2O2S. The molecule has 1 aliphatic rings. The number of amides is 2. The molecule has 1 aliphatic heterocycles. The highest BCUT2D eigenvalue weighted by Crippen LogP contribution is 2.28. The first-order valence-corrected chi connectivity index (χ1v) is 5.86. The summed E-state index contributed by atoms with van der Waals surface area (Å²) in [6.07, 6.45) is 1.37. The van der Waals surface area contributed by atoms with Crippen molar-refractivity contribution in [3.8, 4) is 0 Å². The average molecular weight is 236 g/mol. The maximum Gasteiger partial charge on any atom is 0.257 e. The van der Waals surface area contributed by atoms with Gasteiger partial charge in [-0.3, -0.25) is 14.5 Å². The Morgan fingerprint density at radius 3 is 2.50 bits per heavy atom. The first-order chi connectivity index (χ1) is 7.50. The molecule has 2 rings (SSSR count). The van der Waals surface area contributed by atoms with E-state index >= 15 is 0 Å². The van der Waals surface area contributed by atoms with Crippen molar-refractivity contribution in [2.45, 2.75) is 26.8 Å². The van der Waals surface area contributed by atoms with Gasteiger partial charge in [0.2, 0.25) is 0 Å². The molecular weight excluding hydrogens is 224 g/mol. The van der Waals surface area contributed by atoms with Gasteiger partial charge in [-0.2, -0.15) is 0 Å². The van der Waals surface area contributed by atoms with Crippen LogP contribution in [0, 0.1) is 6.92 Å². The monoisotopic (exact) mass is 236 g/mol. The van der Waals surface area contributed by atoms with Crippen molar-refractivity contribution in [3.05, 3.63) is 27.7 Å². The van der Waals surface area contributed by atoms with Crippen LogP contribution >= 0.6 is 11.3 Å². The van der Waals surface area contributed by atoms with E-state index < -0.39 is 0 Å². The number of aromatic nitrogens is 1. The molecule has 16 heavy (non-hydrogen) atoms. The third kappa shape index (κ3) is 1.67. The SMILES string of the molecule is CC1=CC(=O)N([C@@H](C)c2nc(C)cs2)C1=O. The minimum Gasteiger partial charge on any atom is -0.269 e. The number of imide groups is 1. The molecule has 0 fully saturated rings. The van der Waals surface area contributed by atoms with Crippen LogP contribution in [-0.2, 0) is 9.59 Å². The summed E-state index contributed by atoms with van der Waals surface area (Å²) in [7, 11) is 0. The third-order valence-electron chi connectivity index (χ3n) is 2.52. The Morgan fingerprint density at radius 2 is 2.06 bits per heavy atom. The summed E-state index contributed by atoms with van der Waals surface area (Å²) >= 11 is 1.47. The molecule has 0 unspecified atom stereocenters. The predicted molar refractivity (Wildman–Crippen MR) is 60.9 cm³/mol. The summed E-state index contributed by atoms with van der Waals surface area (Å²) in [6.45, 7) is 5.37. The van der Waals surface area contributed by atoms with Crippen LogP contribution in [0.15, 0.2) is 17.0 Å². The maximum atomic E-state index is 11.8. The number of hydrogen-bond donors (Lipinski definition) is 0. The van der Waals surface area contributed by atoms with Crippen molar-refractivity contribution in [1.82, 2.24) is 9.88 Å². The Bertz CT molecular complexity index is 490. The van der Waals surface area contributed by atoms with E-state index in [-0.39, 0.29) is 17.9 Å². The van der Waals surface area contributed by atoms with E-state index in [1.807, 2.05) is 19.2 Å². The lowest BCUT2D eigenvalue weighted by molar-refractivity contribution is -0.139. The number of hydrogen-bond acceptors (Lipinski definition) is 4. The molecule has 1 atom stereocenters. The second-order valence-electron chi connectivity index (χ2n) is 3.84. The first-order valence-electron chi connectivity index (χ1n) is 4.98. The van der Waals surface area contributed by atoms with Crippen molar-refractivity contribution >= 4 is 23.2 Å². The average Bonchev–Trinajstić information content (AvgIpc) is 2.73. The number of thiazole rings is 1. The Labute approximate surface area is 97.6 Å². The van der Waals surface area contributed by atoms with E-state index in [4.69, 9.17) is 0 Å². The van der Waals surface area contributed by atoms with Crippen LogP contribution in [0.4, 0.5) is 0 Å². The fourth-order valence-corrected chi connectivity index (χ4v) is 2.49. The quantitative estimate of drug-likeness (QED) is 0.736. The number of carbonyl (C=O) groups excluding carboxylic acids is 2. The molecule has 0 saturated carbocycles. The second-order valence-corrected chi connectivity index (χ2v) is 4.73. The Hall–Kier alpha value is -1.49. The van der Waals surface area contributed by atoms with Gasteiger partial charge >= 0.3 is 0 Å². The van der Waals surface area contributed by atoms with Gasteiger partial charge in [-0.1, -0.05) is 0 Å². The van der Waals surface area contributed by atoms with Crippen LogP contribution in [0.2, 0.25) is 0 Å². The van der Waals surface area contributed by atoms with Crippen molar-refractivity contribution in [1.29, 1.82) is 0 Å². The van der Waals surface area contributed by atoms with Gasteiger partial charge < -0.3 is 0 Å². The van der Waals surface area contributed by atoms with Crippen LogP contribution in [-0.4, -0.2) is 21.7 Å². The molecule has 0 aliphatic carbocycles. The topological polar surface area (TPSA) is 50.3 Å². The summed E-state index contributed by atoms with van der Waals surface area (Å²) in [5.74, 6) is -0.465. The lowest BCUT2D eigenvalue weighted by atomic mass is 10.3. The van der Waals surface area contributed by atoms with E-state index in [2.05, 4.69) is 4.98 Å². The molecule has 2 amide bonds. The van der Waals surface area contributed by atoms with Gasteiger partial charge in [-0.05, 0) is 20.8 Å². The third-order valence-corrected chi connectivity index (χ3v) is 3.65. The number of nitrogens with zero attached hydrogens (tertiary/aromatic N) is 2. The van der Waals surface area contributed by atoms with E-state index in [1.165, 1.54) is 22.3 Å². The molecule has 5 heteroatoms. The van der Waals surface area contributed by atoms with Crippen LogP contribution in [0.25, 0.3) is 0 Å². The van der Waals surface area contributed by atoms with Crippen LogP contribution in [0.5, 0.6) is 0 Å². The molecule has 1 aromatic heterocycles.